The Morgan fingerprint density at radius 1 is 1.05 bits per heavy atom. The Hall–Kier alpha value is -5.07. The van der Waals surface area contributed by atoms with E-state index in [-0.39, 0.29) is 23.3 Å². The minimum Gasteiger partial charge on any atom is -0.447 e. The van der Waals surface area contributed by atoms with Gasteiger partial charge in [-0.3, -0.25) is 4.79 Å². The van der Waals surface area contributed by atoms with Gasteiger partial charge in [-0.2, -0.15) is 5.26 Å². The Kier molecular flexibility index (Phi) is 7.15. The minimum absolute atomic E-state index is 0.0466. The monoisotopic (exact) mass is 565 g/mol. The van der Waals surface area contributed by atoms with Crippen molar-refractivity contribution in [3.63, 3.8) is 0 Å². The highest BCUT2D eigenvalue weighted by Crippen LogP contribution is 2.47. The quantitative estimate of drug-likeness (QED) is 0.193. The number of ketones is 1. The van der Waals surface area contributed by atoms with Gasteiger partial charge in [-0.15, -0.1) is 0 Å². The molecule has 0 radical (unpaired) electrons. The number of Topliss-reactive ketones (excluding diaryl/α,β-unsaturated/α-hetero) is 1. The number of aromatic nitrogens is 2. The van der Waals surface area contributed by atoms with Gasteiger partial charge in [-0.05, 0) is 66.6 Å². The van der Waals surface area contributed by atoms with Crippen LogP contribution in [-0.2, 0) is 17.7 Å². The van der Waals surface area contributed by atoms with Gasteiger partial charge in [0, 0.05) is 31.2 Å². The molecule has 0 saturated heterocycles. The molecule has 6 rings (SSSR count). The summed E-state index contributed by atoms with van der Waals surface area (Å²) in [6.45, 7) is 2.44. The number of hydrogen-bond acceptors (Lipinski definition) is 6. The largest absolute Gasteiger partial charge is 0.447 e. The van der Waals surface area contributed by atoms with Crippen molar-refractivity contribution in [1.29, 1.82) is 5.26 Å². The zero-order valence-electron chi connectivity index (χ0n) is 22.9. The van der Waals surface area contributed by atoms with E-state index in [1.807, 2.05) is 10.6 Å². The molecule has 1 aliphatic rings. The van der Waals surface area contributed by atoms with Gasteiger partial charge in [0.1, 0.15) is 17.5 Å². The number of fused-ring (bicyclic) bond motifs is 2. The molecule has 0 aliphatic carbocycles. The molecule has 0 saturated carbocycles. The third-order valence-corrected chi connectivity index (χ3v) is 7.29. The lowest BCUT2D eigenvalue weighted by atomic mass is 10.0. The van der Waals surface area contributed by atoms with Crippen LogP contribution in [0.1, 0.15) is 46.1 Å². The molecule has 9 heteroatoms. The Labute approximate surface area is 240 Å². The molecule has 4 aromatic carbocycles. The normalized spacial score (nSPS) is 13.8. The lowest BCUT2D eigenvalue weighted by Gasteiger charge is -2.13. The van der Waals surface area contributed by atoms with Crippen LogP contribution in [0.5, 0.6) is 11.5 Å². The van der Waals surface area contributed by atoms with Gasteiger partial charge in [-0.25, -0.2) is 13.8 Å². The molecular formula is C33H25F2N3O4. The van der Waals surface area contributed by atoms with Crippen molar-refractivity contribution in [3.8, 4) is 28.7 Å². The fraction of sp³-hybridized carbons (Fsp3) is 0.182. The van der Waals surface area contributed by atoms with Crippen molar-refractivity contribution >= 4 is 16.8 Å². The van der Waals surface area contributed by atoms with E-state index in [0.29, 0.717) is 58.2 Å². The first-order chi connectivity index (χ1) is 20.4. The molecule has 5 aromatic rings. The summed E-state index contributed by atoms with van der Waals surface area (Å²) in [5.41, 5.74) is 4.04. The van der Waals surface area contributed by atoms with Crippen LogP contribution in [0, 0.1) is 23.0 Å². The fourth-order valence-electron chi connectivity index (χ4n) is 5.11. The molecule has 210 valence electrons. The molecule has 0 bridgehead atoms. The van der Waals surface area contributed by atoms with E-state index in [9.17, 15) is 9.18 Å². The van der Waals surface area contributed by atoms with Crippen LogP contribution >= 0.6 is 0 Å². The van der Waals surface area contributed by atoms with E-state index in [0.717, 1.165) is 11.6 Å². The second-order valence-corrected chi connectivity index (χ2v) is 9.96. The van der Waals surface area contributed by atoms with E-state index in [2.05, 4.69) is 0 Å². The topological polar surface area (TPSA) is 86.4 Å². The number of hydrogen-bond donors (Lipinski definition) is 0. The van der Waals surface area contributed by atoms with Crippen LogP contribution < -0.4 is 9.47 Å². The second kappa shape index (κ2) is 11.1. The molecule has 0 spiro atoms. The number of para-hydroxylation sites is 1. The lowest BCUT2D eigenvalue weighted by Crippen LogP contribution is -2.10. The highest BCUT2D eigenvalue weighted by atomic mass is 19.1. The number of methoxy groups -OCH3 is 1. The maximum absolute atomic E-state index is 15.6. The van der Waals surface area contributed by atoms with E-state index < -0.39 is 17.9 Å². The highest BCUT2D eigenvalue weighted by Gasteiger charge is 2.31. The number of ether oxygens (including phenoxy) is 3. The van der Waals surface area contributed by atoms with Crippen molar-refractivity contribution < 1.29 is 27.8 Å². The second-order valence-electron chi connectivity index (χ2n) is 9.96. The first-order valence-electron chi connectivity index (χ1n) is 13.3. The van der Waals surface area contributed by atoms with Gasteiger partial charge < -0.3 is 18.8 Å². The van der Waals surface area contributed by atoms with Crippen LogP contribution in [0.25, 0.3) is 22.2 Å². The zero-order valence-corrected chi connectivity index (χ0v) is 22.9. The SMILES string of the molecule is COCCn1c(Cc2ccc(-c3cccc4c3O[C@H](c3ccc(C#N)cc3F)O4)cc2F)nc2ccc(C(C)=O)cc21. The molecule has 1 atom stereocenters. The summed E-state index contributed by atoms with van der Waals surface area (Å²) in [6.07, 6.45) is -0.812. The van der Waals surface area contributed by atoms with Gasteiger partial charge in [0.05, 0.1) is 34.8 Å². The van der Waals surface area contributed by atoms with Crippen LogP contribution in [0.3, 0.4) is 0 Å². The number of nitrogens with zero attached hydrogens (tertiary/aromatic N) is 3. The molecule has 0 N–H and O–H groups in total. The van der Waals surface area contributed by atoms with Gasteiger partial charge in [0.15, 0.2) is 17.3 Å². The first kappa shape index (κ1) is 27.1. The molecule has 7 nitrogen and oxygen atoms in total. The van der Waals surface area contributed by atoms with Crippen LogP contribution in [0.4, 0.5) is 8.78 Å². The molecule has 0 unspecified atom stereocenters. The minimum atomic E-state index is -1.04. The van der Waals surface area contributed by atoms with Gasteiger partial charge in [0.2, 0.25) is 0 Å². The summed E-state index contributed by atoms with van der Waals surface area (Å²) in [5.74, 6) is 0.351. The molecular weight excluding hydrogens is 540 g/mol. The Bertz CT molecular complexity index is 1890. The Morgan fingerprint density at radius 3 is 2.64 bits per heavy atom. The lowest BCUT2D eigenvalue weighted by molar-refractivity contribution is 0.0457. The van der Waals surface area contributed by atoms with Crippen LogP contribution in [0.2, 0.25) is 0 Å². The standard InChI is InChI=1S/C33H25F2N3O4/c1-19(39)21-9-11-28-29(16-21)38(12-13-40-2)31(37-28)17-23-8-7-22(15-26(23)34)24-4-3-5-30-32(24)42-33(41-30)25-10-6-20(18-36)14-27(25)35/h3-11,14-16,33H,12-13,17H2,1-2H3/t33-/m1/s1. The van der Waals surface area contributed by atoms with E-state index >= 15 is 4.39 Å². The van der Waals surface area contributed by atoms with Crippen LogP contribution in [-0.4, -0.2) is 29.1 Å². The van der Waals surface area contributed by atoms with Gasteiger partial charge >= 0.3 is 0 Å². The average molecular weight is 566 g/mol. The summed E-state index contributed by atoms with van der Waals surface area (Å²) >= 11 is 0. The fourth-order valence-corrected chi connectivity index (χ4v) is 5.11. The number of imidazole rings is 1. The zero-order chi connectivity index (χ0) is 29.4. The van der Waals surface area contributed by atoms with Crippen molar-refractivity contribution in [2.75, 3.05) is 13.7 Å². The number of carbonyl (C=O) groups is 1. The molecule has 1 aromatic heterocycles. The number of nitriles is 1. The number of benzene rings is 4. The van der Waals surface area contributed by atoms with Crippen molar-refractivity contribution in [2.45, 2.75) is 26.2 Å². The molecule has 0 fully saturated rings. The highest BCUT2D eigenvalue weighted by molar-refractivity contribution is 5.97. The predicted octanol–water partition coefficient (Wildman–Crippen LogP) is 6.76. The Balaban J connectivity index is 1.30. The average Bonchev–Trinajstić information content (AvgIpc) is 3.57. The first-order valence-corrected chi connectivity index (χ1v) is 13.3. The predicted molar refractivity (Wildman–Crippen MR) is 151 cm³/mol. The summed E-state index contributed by atoms with van der Waals surface area (Å²) in [7, 11) is 1.61. The Morgan fingerprint density at radius 2 is 1.90 bits per heavy atom. The maximum atomic E-state index is 15.6. The maximum Gasteiger partial charge on any atom is 0.270 e. The molecule has 1 aliphatic heterocycles. The molecule has 2 heterocycles. The third-order valence-electron chi connectivity index (χ3n) is 7.29. The van der Waals surface area contributed by atoms with Crippen molar-refractivity contribution in [2.24, 2.45) is 0 Å². The summed E-state index contributed by atoms with van der Waals surface area (Å²) in [4.78, 5) is 16.7. The van der Waals surface area contributed by atoms with Gasteiger partial charge in [-0.1, -0.05) is 24.3 Å². The van der Waals surface area contributed by atoms with E-state index in [1.165, 1.54) is 25.1 Å². The summed E-state index contributed by atoms with van der Waals surface area (Å²) in [6, 6.07) is 21.5. The van der Waals surface area contributed by atoms with Crippen LogP contribution in [0.15, 0.2) is 72.8 Å². The smallest absolute Gasteiger partial charge is 0.270 e. The third kappa shape index (κ3) is 4.97. The van der Waals surface area contributed by atoms with E-state index in [4.69, 9.17) is 24.5 Å². The molecule has 0 amide bonds. The van der Waals surface area contributed by atoms with Crippen molar-refractivity contribution in [1.82, 2.24) is 9.55 Å². The number of rotatable bonds is 8. The summed E-state index contributed by atoms with van der Waals surface area (Å²) in [5, 5.41) is 9.03. The van der Waals surface area contributed by atoms with Crippen molar-refractivity contribution in [3.05, 3.63) is 113 Å². The summed E-state index contributed by atoms with van der Waals surface area (Å²) < 4.78 is 49.3. The van der Waals surface area contributed by atoms with Gasteiger partial charge in [0.25, 0.3) is 6.29 Å². The van der Waals surface area contributed by atoms with E-state index in [1.54, 1.807) is 55.6 Å². The number of carbonyl (C=O) groups excluding carboxylic acids is 1. The molecule has 42 heavy (non-hydrogen) atoms. The number of halogens is 2.